The minimum atomic E-state index is 0.0309. The van der Waals surface area contributed by atoms with Crippen molar-refractivity contribution in [1.82, 2.24) is 4.90 Å². The van der Waals surface area contributed by atoms with Crippen LogP contribution in [0, 0.1) is 0 Å². The third-order valence-corrected chi connectivity index (χ3v) is 8.00. The fraction of sp³-hybridized carbons (Fsp3) is 0.185. The van der Waals surface area contributed by atoms with E-state index < -0.39 is 0 Å². The molecule has 1 saturated heterocycles. The molecule has 5 rings (SSSR count). The topological polar surface area (TPSA) is 45.1 Å². The molecule has 2 aliphatic rings. The third-order valence-electron chi connectivity index (χ3n) is 5.57. The standard InChI is InChI=1S/C27H25N3O2S2/c1-3-4-18-30-25(31)24(26-29(2)22-12-8-9-13-23(22)33-26)34-27(30)28-19-14-16-21(17-15-19)32-20-10-6-5-7-11-20/h5-17H,3-4,18H2,1-2H3/b26-24-,28-27?. The van der Waals surface area contributed by atoms with E-state index in [1.807, 2.05) is 78.7 Å². The number of carbonyl (C=O) groups excluding carboxylic acids is 1. The number of amidine groups is 1. The predicted molar refractivity (Wildman–Crippen MR) is 142 cm³/mol. The molecule has 0 radical (unpaired) electrons. The molecule has 0 atom stereocenters. The van der Waals surface area contributed by atoms with Gasteiger partial charge in [0.2, 0.25) is 0 Å². The fourth-order valence-corrected chi connectivity index (χ4v) is 6.13. The van der Waals surface area contributed by atoms with Gasteiger partial charge in [-0.3, -0.25) is 9.69 Å². The fourth-order valence-electron chi connectivity index (χ4n) is 3.76. The number of aliphatic imine (C=N–C) groups is 1. The lowest BCUT2D eigenvalue weighted by atomic mass is 10.3. The highest BCUT2D eigenvalue weighted by Gasteiger charge is 2.38. The molecule has 2 aliphatic heterocycles. The van der Waals surface area contributed by atoms with E-state index in [4.69, 9.17) is 9.73 Å². The smallest absolute Gasteiger partial charge is 0.269 e. The largest absolute Gasteiger partial charge is 0.457 e. The number of para-hydroxylation sites is 2. The summed E-state index contributed by atoms with van der Waals surface area (Å²) in [6.07, 6.45) is 1.94. The van der Waals surface area contributed by atoms with Gasteiger partial charge in [-0.1, -0.05) is 55.4 Å². The Hall–Kier alpha value is -3.16. The minimum Gasteiger partial charge on any atom is -0.457 e. The number of hydrogen-bond acceptors (Lipinski definition) is 6. The van der Waals surface area contributed by atoms with Crippen LogP contribution in [0.2, 0.25) is 0 Å². The summed E-state index contributed by atoms with van der Waals surface area (Å²) in [7, 11) is 2.02. The second-order valence-corrected chi connectivity index (χ2v) is 9.99. The van der Waals surface area contributed by atoms with Crippen LogP contribution >= 0.6 is 23.5 Å². The second-order valence-electron chi connectivity index (χ2n) is 7.98. The van der Waals surface area contributed by atoms with Gasteiger partial charge in [-0.25, -0.2) is 4.99 Å². The van der Waals surface area contributed by atoms with Crippen molar-refractivity contribution in [1.29, 1.82) is 0 Å². The summed E-state index contributed by atoms with van der Waals surface area (Å²) in [5, 5.41) is 1.69. The van der Waals surface area contributed by atoms with Crippen LogP contribution in [-0.2, 0) is 4.79 Å². The third kappa shape index (κ3) is 4.58. The summed E-state index contributed by atoms with van der Waals surface area (Å²) >= 11 is 3.11. The minimum absolute atomic E-state index is 0.0309. The molecule has 34 heavy (non-hydrogen) atoms. The van der Waals surface area contributed by atoms with Crippen LogP contribution in [0.25, 0.3) is 0 Å². The summed E-state index contributed by atoms with van der Waals surface area (Å²) in [5.41, 5.74) is 1.92. The second kappa shape index (κ2) is 9.99. The Morgan fingerprint density at radius 2 is 1.59 bits per heavy atom. The number of fused-ring (bicyclic) bond motifs is 1. The zero-order chi connectivity index (χ0) is 23.5. The van der Waals surface area contributed by atoms with Crippen molar-refractivity contribution in [3.8, 4) is 11.5 Å². The van der Waals surface area contributed by atoms with Crippen LogP contribution in [-0.4, -0.2) is 29.6 Å². The maximum Gasteiger partial charge on any atom is 0.269 e. The highest BCUT2D eigenvalue weighted by molar-refractivity contribution is 8.19. The molecule has 5 nitrogen and oxygen atoms in total. The quantitative estimate of drug-likeness (QED) is 0.343. The van der Waals surface area contributed by atoms with Crippen LogP contribution in [0.4, 0.5) is 11.4 Å². The van der Waals surface area contributed by atoms with Gasteiger partial charge in [0.1, 0.15) is 16.4 Å². The summed E-state index contributed by atoms with van der Waals surface area (Å²) in [5.74, 6) is 1.57. The average Bonchev–Trinajstić information content (AvgIpc) is 3.35. The number of nitrogens with zero attached hydrogens (tertiary/aromatic N) is 3. The molecule has 1 fully saturated rings. The Balaban J connectivity index is 1.41. The van der Waals surface area contributed by atoms with Gasteiger partial charge in [-0.05, 0) is 66.7 Å². The molecule has 2 heterocycles. The summed E-state index contributed by atoms with van der Waals surface area (Å²) in [4.78, 5) is 24.1. The zero-order valence-electron chi connectivity index (χ0n) is 19.1. The van der Waals surface area contributed by atoms with Crippen molar-refractivity contribution in [2.45, 2.75) is 24.7 Å². The van der Waals surface area contributed by atoms with E-state index in [2.05, 4.69) is 24.0 Å². The molecule has 7 heteroatoms. The number of ether oxygens (including phenoxy) is 1. The molecule has 0 aliphatic carbocycles. The summed E-state index contributed by atoms with van der Waals surface area (Å²) < 4.78 is 5.89. The van der Waals surface area contributed by atoms with Crippen LogP contribution in [0.3, 0.4) is 0 Å². The lowest BCUT2D eigenvalue weighted by Crippen LogP contribution is -2.30. The Labute approximate surface area is 208 Å². The first kappa shape index (κ1) is 22.6. The van der Waals surface area contributed by atoms with Crippen molar-refractivity contribution in [2.24, 2.45) is 4.99 Å². The first-order valence-corrected chi connectivity index (χ1v) is 12.9. The number of anilines is 1. The van der Waals surface area contributed by atoms with Crippen LogP contribution in [0.1, 0.15) is 19.8 Å². The van der Waals surface area contributed by atoms with Gasteiger partial charge in [0.25, 0.3) is 5.91 Å². The lowest BCUT2D eigenvalue weighted by molar-refractivity contribution is -0.122. The maximum absolute atomic E-state index is 13.5. The molecule has 1 amide bonds. The number of rotatable bonds is 6. The monoisotopic (exact) mass is 487 g/mol. The van der Waals surface area contributed by atoms with Crippen molar-refractivity contribution in [2.75, 3.05) is 18.5 Å². The van der Waals surface area contributed by atoms with E-state index in [9.17, 15) is 4.79 Å². The SMILES string of the molecule is CCCCN1C(=O)/C(=C2/Sc3ccccc3N2C)SC1=Nc1ccc(Oc2ccccc2)cc1. The number of hydrogen-bond donors (Lipinski definition) is 0. The molecule has 0 saturated carbocycles. The van der Waals surface area contributed by atoms with Gasteiger partial charge < -0.3 is 9.64 Å². The zero-order valence-corrected chi connectivity index (χ0v) is 20.7. The Bertz CT molecular complexity index is 1260. The first-order chi connectivity index (χ1) is 16.6. The van der Waals surface area contributed by atoms with Crippen molar-refractivity contribution < 1.29 is 9.53 Å². The molecule has 0 bridgehead atoms. The van der Waals surface area contributed by atoms with Crippen molar-refractivity contribution >= 4 is 46.0 Å². The molecular formula is C27H25N3O2S2. The molecule has 0 aromatic heterocycles. The molecule has 3 aromatic carbocycles. The van der Waals surface area contributed by atoms with Gasteiger partial charge in [0.15, 0.2) is 5.17 Å². The molecule has 0 unspecified atom stereocenters. The number of carbonyl (C=O) groups is 1. The van der Waals surface area contributed by atoms with Gasteiger partial charge in [0.05, 0.1) is 16.4 Å². The molecule has 3 aromatic rings. The van der Waals surface area contributed by atoms with E-state index in [-0.39, 0.29) is 5.91 Å². The normalized spacial score (nSPS) is 18.6. The van der Waals surface area contributed by atoms with Gasteiger partial charge in [0, 0.05) is 18.5 Å². The highest BCUT2D eigenvalue weighted by atomic mass is 32.2. The number of thioether (sulfide) groups is 2. The molecule has 0 spiro atoms. The van der Waals surface area contributed by atoms with E-state index >= 15 is 0 Å². The molecule has 0 N–H and O–H groups in total. The number of benzene rings is 3. The highest BCUT2D eigenvalue weighted by Crippen LogP contribution is 2.50. The van der Waals surface area contributed by atoms with Gasteiger partial charge >= 0.3 is 0 Å². The van der Waals surface area contributed by atoms with Crippen LogP contribution < -0.4 is 9.64 Å². The van der Waals surface area contributed by atoms with Crippen LogP contribution in [0.15, 0.2) is 98.7 Å². The number of unbranched alkanes of at least 4 members (excludes halogenated alkanes) is 1. The Kier molecular flexibility index (Phi) is 6.65. The molecule has 172 valence electrons. The van der Waals surface area contributed by atoms with Crippen LogP contribution in [0.5, 0.6) is 11.5 Å². The first-order valence-electron chi connectivity index (χ1n) is 11.3. The van der Waals surface area contributed by atoms with E-state index in [0.717, 1.165) is 50.8 Å². The summed E-state index contributed by atoms with van der Waals surface area (Å²) in [6, 6.07) is 25.6. The summed E-state index contributed by atoms with van der Waals surface area (Å²) in [6.45, 7) is 2.79. The molecular weight excluding hydrogens is 462 g/mol. The predicted octanol–water partition coefficient (Wildman–Crippen LogP) is 7.25. The average molecular weight is 488 g/mol. The van der Waals surface area contributed by atoms with E-state index in [0.29, 0.717) is 6.54 Å². The van der Waals surface area contributed by atoms with Gasteiger partial charge in [-0.2, -0.15) is 0 Å². The Morgan fingerprint density at radius 3 is 2.32 bits per heavy atom. The van der Waals surface area contributed by atoms with E-state index in [1.54, 1.807) is 11.8 Å². The van der Waals surface area contributed by atoms with E-state index in [1.165, 1.54) is 16.7 Å². The van der Waals surface area contributed by atoms with Crippen molar-refractivity contribution in [3.05, 3.63) is 88.8 Å². The number of amides is 1. The van der Waals surface area contributed by atoms with Crippen molar-refractivity contribution in [3.63, 3.8) is 0 Å². The van der Waals surface area contributed by atoms with Gasteiger partial charge in [-0.15, -0.1) is 0 Å². The Morgan fingerprint density at radius 1 is 0.882 bits per heavy atom. The lowest BCUT2D eigenvalue weighted by Gasteiger charge is -2.16. The maximum atomic E-state index is 13.5.